The van der Waals surface area contributed by atoms with Crippen LogP contribution >= 0.6 is 36.4 Å². The number of halogens is 3. The first-order chi connectivity index (χ1) is 9.24. The lowest BCUT2D eigenvalue weighted by Gasteiger charge is -2.18. The molecule has 2 aliphatic heterocycles. The number of nitrogens with one attached hydrogen (secondary N) is 1. The van der Waals surface area contributed by atoms with Gasteiger partial charge in [0.05, 0.1) is 5.02 Å². The van der Waals surface area contributed by atoms with Gasteiger partial charge in [-0.05, 0) is 37.4 Å². The normalized spacial score (nSPS) is 24.1. The Morgan fingerprint density at radius 1 is 1.33 bits per heavy atom. The van der Waals surface area contributed by atoms with Gasteiger partial charge in [-0.3, -0.25) is 4.90 Å². The smallest absolute Gasteiger partial charge is 0.140 e. The highest BCUT2D eigenvalue weighted by Crippen LogP contribution is 2.28. The first-order valence-electron chi connectivity index (χ1n) is 7.07. The number of hydrogen-bond acceptors (Lipinski definition) is 3. The van der Waals surface area contributed by atoms with Crippen LogP contribution in [0.5, 0.6) is 5.75 Å². The van der Waals surface area contributed by atoms with E-state index in [0.29, 0.717) is 17.7 Å². The fourth-order valence-corrected chi connectivity index (χ4v) is 3.47. The standard InChI is InChI=1S/C15H21ClN2O.2ClH/c1-11-3-2-4-13(16)15(11)19-8-7-18-9-12-5-6-17-14(12)10-18;;/h2-4,12,14,17H,5-10H2,1H3;2*1H/t12-,14+;;/m0../s1. The molecule has 0 saturated carbocycles. The molecule has 0 amide bonds. The molecule has 2 aliphatic rings. The van der Waals surface area contributed by atoms with Crippen LogP contribution in [0.4, 0.5) is 0 Å². The lowest BCUT2D eigenvalue weighted by Crippen LogP contribution is -2.32. The predicted molar refractivity (Wildman–Crippen MR) is 92.5 cm³/mol. The summed E-state index contributed by atoms with van der Waals surface area (Å²) in [5.41, 5.74) is 1.10. The van der Waals surface area contributed by atoms with Crippen LogP contribution in [0, 0.1) is 12.8 Å². The Hall–Kier alpha value is -0.190. The first kappa shape index (κ1) is 18.9. The Labute approximate surface area is 144 Å². The van der Waals surface area contributed by atoms with Gasteiger partial charge in [-0.25, -0.2) is 0 Å². The molecule has 2 heterocycles. The molecule has 2 fully saturated rings. The molecule has 0 spiro atoms. The second kappa shape index (κ2) is 8.44. The Balaban J connectivity index is 0.00000110. The van der Waals surface area contributed by atoms with E-state index in [-0.39, 0.29) is 24.8 Å². The molecule has 1 N–H and O–H groups in total. The van der Waals surface area contributed by atoms with Gasteiger partial charge in [-0.15, -0.1) is 24.8 Å². The molecule has 0 aliphatic carbocycles. The van der Waals surface area contributed by atoms with Gasteiger partial charge in [0.1, 0.15) is 12.4 Å². The fraction of sp³-hybridized carbons (Fsp3) is 0.600. The number of aryl methyl sites for hydroxylation is 1. The Morgan fingerprint density at radius 3 is 2.86 bits per heavy atom. The van der Waals surface area contributed by atoms with Crippen LogP contribution in [0.15, 0.2) is 18.2 Å². The molecule has 6 heteroatoms. The zero-order valence-electron chi connectivity index (χ0n) is 12.2. The molecule has 3 rings (SSSR count). The van der Waals surface area contributed by atoms with Gasteiger partial charge in [0, 0.05) is 25.7 Å². The highest BCUT2D eigenvalue weighted by atomic mass is 35.5. The minimum atomic E-state index is 0. The van der Waals surface area contributed by atoms with Gasteiger partial charge >= 0.3 is 0 Å². The molecule has 3 nitrogen and oxygen atoms in total. The van der Waals surface area contributed by atoms with Crippen LogP contribution < -0.4 is 10.1 Å². The molecule has 0 aromatic heterocycles. The van der Waals surface area contributed by atoms with Gasteiger partial charge in [0.2, 0.25) is 0 Å². The maximum Gasteiger partial charge on any atom is 0.140 e. The van der Waals surface area contributed by atoms with Crippen molar-refractivity contribution in [3.63, 3.8) is 0 Å². The van der Waals surface area contributed by atoms with Crippen molar-refractivity contribution in [2.75, 3.05) is 32.8 Å². The van der Waals surface area contributed by atoms with E-state index in [1.54, 1.807) is 0 Å². The highest BCUT2D eigenvalue weighted by molar-refractivity contribution is 6.32. The molecule has 2 atom stereocenters. The Bertz CT molecular complexity index is 426. The van der Waals surface area contributed by atoms with Crippen LogP contribution in [0.3, 0.4) is 0 Å². The van der Waals surface area contributed by atoms with E-state index in [0.717, 1.165) is 30.3 Å². The number of ether oxygens (including phenoxy) is 1. The van der Waals surface area contributed by atoms with Gasteiger partial charge in [0.15, 0.2) is 0 Å². The Morgan fingerprint density at radius 2 is 2.14 bits per heavy atom. The van der Waals surface area contributed by atoms with Crippen molar-refractivity contribution in [3.05, 3.63) is 28.8 Å². The Kier molecular flexibility index (Phi) is 7.58. The van der Waals surface area contributed by atoms with E-state index < -0.39 is 0 Å². The molecular formula is C15H23Cl3N2O. The molecule has 0 bridgehead atoms. The maximum absolute atomic E-state index is 6.15. The summed E-state index contributed by atoms with van der Waals surface area (Å²) < 4.78 is 5.86. The average Bonchev–Trinajstić information content (AvgIpc) is 2.93. The molecule has 2 saturated heterocycles. The molecular weight excluding hydrogens is 331 g/mol. The number of fused-ring (bicyclic) bond motifs is 1. The van der Waals surface area contributed by atoms with Crippen molar-refractivity contribution in [3.8, 4) is 5.75 Å². The second-order valence-electron chi connectivity index (χ2n) is 5.60. The quantitative estimate of drug-likeness (QED) is 0.900. The number of likely N-dealkylation sites (tertiary alicyclic amines) is 1. The fourth-order valence-electron chi connectivity index (χ4n) is 3.20. The molecule has 120 valence electrons. The van der Waals surface area contributed by atoms with E-state index in [9.17, 15) is 0 Å². The third kappa shape index (κ3) is 4.40. The zero-order chi connectivity index (χ0) is 13.2. The van der Waals surface area contributed by atoms with Crippen LogP contribution in [0.25, 0.3) is 0 Å². The molecule has 21 heavy (non-hydrogen) atoms. The van der Waals surface area contributed by atoms with E-state index in [1.807, 2.05) is 25.1 Å². The van der Waals surface area contributed by atoms with Crippen LogP contribution in [-0.2, 0) is 0 Å². The van der Waals surface area contributed by atoms with E-state index in [1.165, 1.54) is 19.5 Å². The molecule has 1 aromatic rings. The van der Waals surface area contributed by atoms with Crippen molar-refractivity contribution in [2.24, 2.45) is 5.92 Å². The van der Waals surface area contributed by atoms with E-state index >= 15 is 0 Å². The lowest BCUT2D eigenvalue weighted by molar-refractivity contribution is 0.228. The SMILES string of the molecule is Cc1cccc(Cl)c1OCCN1C[C@@H]2CCN[C@@H]2C1.Cl.Cl. The van der Waals surface area contributed by atoms with Gasteiger partial charge < -0.3 is 10.1 Å². The summed E-state index contributed by atoms with van der Waals surface area (Å²) in [4.78, 5) is 2.49. The van der Waals surface area contributed by atoms with E-state index in [2.05, 4.69) is 10.2 Å². The minimum absolute atomic E-state index is 0. The number of para-hydroxylation sites is 1. The molecule has 1 aromatic carbocycles. The number of hydrogen-bond donors (Lipinski definition) is 1. The summed E-state index contributed by atoms with van der Waals surface area (Å²) in [6, 6.07) is 6.58. The van der Waals surface area contributed by atoms with Crippen LogP contribution in [0.1, 0.15) is 12.0 Å². The van der Waals surface area contributed by atoms with E-state index in [4.69, 9.17) is 16.3 Å². The largest absolute Gasteiger partial charge is 0.490 e. The summed E-state index contributed by atoms with van der Waals surface area (Å²) in [6.07, 6.45) is 1.33. The number of benzene rings is 1. The van der Waals surface area contributed by atoms with Gasteiger partial charge in [-0.1, -0.05) is 23.7 Å². The monoisotopic (exact) mass is 352 g/mol. The maximum atomic E-state index is 6.15. The second-order valence-corrected chi connectivity index (χ2v) is 6.01. The first-order valence-corrected chi connectivity index (χ1v) is 7.45. The van der Waals surface area contributed by atoms with Crippen molar-refractivity contribution in [2.45, 2.75) is 19.4 Å². The van der Waals surface area contributed by atoms with Crippen molar-refractivity contribution < 1.29 is 4.74 Å². The predicted octanol–water partition coefficient (Wildman–Crippen LogP) is 3.16. The van der Waals surface area contributed by atoms with Gasteiger partial charge in [0.25, 0.3) is 0 Å². The van der Waals surface area contributed by atoms with Crippen LogP contribution in [-0.4, -0.2) is 43.7 Å². The summed E-state index contributed by atoms with van der Waals surface area (Å²) in [5, 5.41) is 4.28. The highest BCUT2D eigenvalue weighted by Gasteiger charge is 2.35. The zero-order valence-corrected chi connectivity index (χ0v) is 14.6. The third-order valence-electron chi connectivity index (χ3n) is 4.26. The topological polar surface area (TPSA) is 24.5 Å². The average molecular weight is 354 g/mol. The third-order valence-corrected chi connectivity index (χ3v) is 4.55. The summed E-state index contributed by atoms with van der Waals surface area (Å²) in [5.74, 6) is 1.68. The number of nitrogens with zero attached hydrogens (tertiary/aromatic N) is 1. The van der Waals surface area contributed by atoms with Crippen molar-refractivity contribution in [1.29, 1.82) is 0 Å². The summed E-state index contributed by atoms with van der Waals surface area (Å²) in [6.45, 7) is 7.30. The van der Waals surface area contributed by atoms with Crippen molar-refractivity contribution >= 4 is 36.4 Å². The summed E-state index contributed by atoms with van der Waals surface area (Å²) >= 11 is 6.15. The van der Waals surface area contributed by atoms with Crippen LogP contribution in [0.2, 0.25) is 5.02 Å². The number of rotatable bonds is 4. The minimum Gasteiger partial charge on any atom is -0.490 e. The van der Waals surface area contributed by atoms with Crippen molar-refractivity contribution in [1.82, 2.24) is 10.2 Å². The lowest BCUT2D eigenvalue weighted by atomic mass is 10.1. The molecule has 0 unspecified atom stereocenters. The van der Waals surface area contributed by atoms with Gasteiger partial charge in [-0.2, -0.15) is 0 Å². The molecule has 0 radical (unpaired) electrons. The summed E-state index contributed by atoms with van der Waals surface area (Å²) in [7, 11) is 0.